The van der Waals surface area contributed by atoms with E-state index in [1.165, 1.54) is 5.56 Å². The molecule has 1 aliphatic rings. The molecule has 20 heavy (non-hydrogen) atoms. The van der Waals surface area contributed by atoms with Crippen molar-refractivity contribution in [2.75, 3.05) is 13.6 Å². The summed E-state index contributed by atoms with van der Waals surface area (Å²) in [5, 5.41) is 6.33. The van der Waals surface area contributed by atoms with Crippen LogP contribution < -0.4 is 10.6 Å². The number of hydrogen-bond donors (Lipinski definition) is 2. The molecule has 1 amide bonds. The summed E-state index contributed by atoms with van der Waals surface area (Å²) in [7, 11) is 1.71. The highest BCUT2D eigenvalue weighted by atomic mass is 16.2. The zero-order chi connectivity index (χ0) is 14.5. The molecule has 0 bridgehead atoms. The Kier molecular flexibility index (Phi) is 5.15. The number of likely N-dealkylation sites (tertiary alicyclic amines) is 1. The van der Waals surface area contributed by atoms with Gasteiger partial charge in [0.2, 0.25) is 5.91 Å². The van der Waals surface area contributed by atoms with Crippen LogP contribution in [0.15, 0.2) is 30.3 Å². The van der Waals surface area contributed by atoms with Crippen LogP contribution in [0.3, 0.4) is 0 Å². The number of rotatable bonds is 5. The van der Waals surface area contributed by atoms with Crippen LogP contribution in [0.2, 0.25) is 0 Å². The van der Waals surface area contributed by atoms with Gasteiger partial charge < -0.3 is 10.6 Å². The van der Waals surface area contributed by atoms with E-state index in [1.807, 2.05) is 18.2 Å². The second kappa shape index (κ2) is 6.86. The van der Waals surface area contributed by atoms with Crippen LogP contribution in [0, 0.1) is 0 Å². The van der Waals surface area contributed by atoms with Crippen molar-refractivity contribution in [2.24, 2.45) is 0 Å². The van der Waals surface area contributed by atoms with Crippen LogP contribution in [0.25, 0.3) is 0 Å². The molecule has 0 spiro atoms. The summed E-state index contributed by atoms with van der Waals surface area (Å²) in [5.74, 6) is 0.119. The first-order chi connectivity index (χ1) is 9.60. The maximum Gasteiger partial charge on any atom is 0.237 e. The number of nitrogens with zero attached hydrogens (tertiary/aromatic N) is 1. The first-order valence-corrected chi connectivity index (χ1v) is 7.35. The molecule has 0 aromatic heterocycles. The molecule has 2 rings (SSSR count). The molecule has 2 N–H and O–H groups in total. The third-order valence-electron chi connectivity index (χ3n) is 3.75. The van der Waals surface area contributed by atoms with E-state index in [9.17, 15) is 4.79 Å². The topological polar surface area (TPSA) is 44.4 Å². The van der Waals surface area contributed by atoms with Crippen LogP contribution in [-0.4, -0.2) is 42.5 Å². The smallest absolute Gasteiger partial charge is 0.237 e. The fraction of sp³-hybridized carbons (Fsp3) is 0.562. The Morgan fingerprint density at radius 3 is 2.65 bits per heavy atom. The number of amides is 1. The van der Waals surface area contributed by atoms with Crippen LogP contribution >= 0.6 is 0 Å². The minimum absolute atomic E-state index is 0.0311. The van der Waals surface area contributed by atoms with Gasteiger partial charge in [-0.25, -0.2) is 0 Å². The number of likely N-dealkylation sites (N-methyl/N-ethyl adjacent to an activating group) is 1. The first-order valence-electron chi connectivity index (χ1n) is 7.35. The van der Waals surface area contributed by atoms with E-state index >= 15 is 0 Å². The third-order valence-corrected chi connectivity index (χ3v) is 3.75. The largest absolute Gasteiger partial charge is 0.358 e. The average molecular weight is 275 g/mol. The Morgan fingerprint density at radius 1 is 1.35 bits per heavy atom. The summed E-state index contributed by atoms with van der Waals surface area (Å²) in [6.45, 7) is 6.05. The molecule has 1 aromatic rings. The number of nitrogens with one attached hydrogen (secondary N) is 2. The molecule has 1 heterocycles. The average Bonchev–Trinajstić information content (AvgIpc) is 2.80. The second-order valence-corrected chi connectivity index (χ2v) is 5.80. The zero-order valence-electron chi connectivity index (χ0n) is 12.6. The van der Waals surface area contributed by atoms with Crippen LogP contribution in [0.4, 0.5) is 0 Å². The van der Waals surface area contributed by atoms with E-state index in [4.69, 9.17) is 0 Å². The fourth-order valence-electron chi connectivity index (χ4n) is 2.93. The minimum Gasteiger partial charge on any atom is -0.358 e. The molecule has 4 nitrogen and oxygen atoms in total. The number of benzene rings is 1. The van der Waals surface area contributed by atoms with Gasteiger partial charge in [0.1, 0.15) is 0 Å². The lowest BCUT2D eigenvalue weighted by Crippen LogP contribution is -2.41. The van der Waals surface area contributed by atoms with Crippen LogP contribution in [-0.2, 0) is 11.3 Å². The third kappa shape index (κ3) is 3.81. The van der Waals surface area contributed by atoms with E-state index in [2.05, 4.69) is 41.5 Å². The van der Waals surface area contributed by atoms with Gasteiger partial charge in [-0.2, -0.15) is 0 Å². The quantitative estimate of drug-likeness (QED) is 0.853. The first kappa shape index (κ1) is 15.0. The van der Waals surface area contributed by atoms with Gasteiger partial charge in [0.15, 0.2) is 0 Å². The van der Waals surface area contributed by atoms with Gasteiger partial charge in [0.25, 0.3) is 0 Å². The fourth-order valence-corrected chi connectivity index (χ4v) is 2.93. The minimum atomic E-state index is -0.0311. The lowest BCUT2D eigenvalue weighted by molar-refractivity contribution is -0.125. The summed E-state index contributed by atoms with van der Waals surface area (Å²) in [6.07, 6.45) is 0.880. The highest BCUT2D eigenvalue weighted by molar-refractivity contribution is 5.81. The Bertz CT molecular complexity index is 433. The van der Waals surface area contributed by atoms with Crippen molar-refractivity contribution in [3.05, 3.63) is 35.9 Å². The predicted octanol–water partition coefficient (Wildman–Crippen LogP) is 1.37. The number of hydrogen-bond acceptors (Lipinski definition) is 3. The molecule has 1 aromatic carbocycles. The van der Waals surface area contributed by atoms with E-state index in [-0.39, 0.29) is 11.9 Å². The van der Waals surface area contributed by atoms with Gasteiger partial charge in [-0.15, -0.1) is 0 Å². The highest BCUT2D eigenvalue weighted by Gasteiger charge is 2.36. The van der Waals surface area contributed by atoms with E-state index < -0.39 is 0 Å². The monoisotopic (exact) mass is 275 g/mol. The number of carbonyl (C=O) groups excluding carboxylic acids is 1. The summed E-state index contributed by atoms with van der Waals surface area (Å²) >= 11 is 0. The highest BCUT2D eigenvalue weighted by Crippen LogP contribution is 2.21. The van der Waals surface area contributed by atoms with Gasteiger partial charge >= 0.3 is 0 Å². The molecular formula is C16H25N3O. The molecule has 4 heteroatoms. The molecule has 0 unspecified atom stereocenters. The number of carbonyl (C=O) groups is 1. The van der Waals surface area contributed by atoms with Gasteiger partial charge in [0.05, 0.1) is 6.04 Å². The maximum absolute atomic E-state index is 12.1. The Balaban J connectivity index is 2.05. The van der Waals surface area contributed by atoms with E-state index in [0.29, 0.717) is 12.1 Å². The molecule has 0 saturated carbocycles. The van der Waals surface area contributed by atoms with Gasteiger partial charge in [-0.3, -0.25) is 9.69 Å². The van der Waals surface area contributed by atoms with Crippen molar-refractivity contribution in [1.82, 2.24) is 15.5 Å². The Labute approximate surface area is 121 Å². The van der Waals surface area contributed by atoms with Crippen molar-refractivity contribution in [1.29, 1.82) is 0 Å². The van der Waals surface area contributed by atoms with Crippen molar-refractivity contribution < 1.29 is 4.79 Å². The van der Waals surface area contributed by atoms with Crippen molar-refractivity contribution in [2.45, 2.75) is 44.9 Å². The Hall–Kier alpha value is -1.39. The van der Waals surface area contributed by atoms with Crippen LogP contribution in [0.5, 0.6) is 0 Å². The lowest BCUT2D eigenvalue weighted by Gasteiger charge is -2.23. The Morgan fingerprint density at radius 2 is 2.05 bits per heavy atom. The molecule has 0 aliphatic carbocycles. The zero-order valence-corrected chi connectivity index (χ0v) is 12.6. The lowest BCUT2D eigenvalue weighted by atomic mass is 10.1. The summed E-state index contributed by atoms with van der Waals surface area (Å²) in [4.78, 5) is 14.3. The molecule has 0 radical (unpaired) electrons. The van der Waals surface area contributed by atoms with Gasteiger partial charge in [0, 0.05) is 32.2 Å². The van der Waals surface area contributed by atoms with Crippen LogP contribution in [0.1, 0.15) is 25.8 Å². The molecule has 1 saturated heterocycles. The van der Waals surface area contributed by atoms with Gasteiger partial charge in [-0.1, -0.05) is 44.2 Å². The normalized spacial score (nSPS) is 23.2. The molecule has 2 atom stereocenters. The molecule has 1 aliphatic heterocycles. The summed E-state index contributed by atoms with van der Waals surface area (Å²) < 4.78 is 0. The van der Waals surface area contributed by atoms with Gasteiger partial charge in [-0.05, 0) is 12.0 Å². The van der Waals surface area contributed by atoms with Crippen molar-refractivity contribution >= 4 is 5.91 Å². The van der Waals surface area contributed by atoms with Crippen molar-refractivity contribution in [3.8, 4) is 0 Å². The SMILES string of the molecule is CNC(=O)[C@@H]1C[C@H](NC(C)C)CN1Cc1ccccc1. The molecule has 110 valence electrons. The second-order valence-electron chi connectivity index (χ2n) is 5.80. The maximum atomic E-state index is 12.1. The molecular weight excluding hydrogens is 250 g/mol. The predicted molar refractivity (Wildman–Crippen MR) is 81.4 cm³/mol. The van der Waals surface area contributed by atoms with Crippen molar-refractivity contribution in [3.63, 3.8) is 0 Å². The summed E-state index contributed by atoms with van der Waals surface area (Å²) in [5.41, 5.74) is 1.26. The van der Waals surface area contributed by atoms with E-state index in [0.717, 1.165) is 19.5 Å². The standard InChI is InChI=1S/C16H25N3O/c1-12(2)18-14-9-15(16(20)17-3)19(11-14)10-13-7-5-4-6-8-13/h4-8,12,14-15,18H,9-11H2,1-3H3,(H,17,20)/t14-,15-/m0/s1. The molecule has 1 fully saturated rings. The summed E-state index contributed by atoms with van der Waals surface area (Å²) in [6, 6.07) is 11.1. The van der Waals surface area contributed by atoms with E-state index in [1.54, 1.807) is 7.05 Å².